The van der Waals surface area contributed by atoms with Crippen molar-refractivity contribution in [2.45, 2.75) is 68.3 Å². The van der Waals surface area contributed by atoms with Gasteiger partial charge in [-0.3, -0.25) is 4.79 Å². The Morgan fingerprint density at radius 1 is 1.19 bits per heavy atom. The summed E-state index contributed by atoms with van der Waals surface area (Å²) in [5.41, 5.74) is 6.03. The van der Waals surface area contributed by atoms with Crippen molar-refractivity contribution in [2.75, 3.05) is 13.1 Å². The molecule has 2 fully saturated rings. The summed E-state index contributed by atoms with van der Waals surface area (Å²) < 4.78 is 27.3. The second kappa shape index (κ2) is 8.90. The molecule has 27 heavy (non-hydrogen) atoms. The minimum absolute atomic E-state index is 0. The third kappa shape index (κ3) is 4.65. The number of carbonyl (C=O) groups excluding carboxylic acids is 1. The zero-order valence-corrected chi connectivity index (χ0v) is 17.4. The summed E-state index contributed by atoms with van der Waals surface area (Å²) in [5.74, 6) is -0.187. The maximum atomic E-state index is 12.9. The third-order valence-corrected chi connectivity index (χ3v) is 7.82. The Kier molecular flexibility index (Phi) is 7.30. The van der Waals surface area contributed by atoms with Crippen molar-refractivity contribution in [1.29, 1.82) is 0 Å². The van der Waals surface area contributed by atoms with E-state index in [1.807, 2.05) is 6.92 Å². The third-order valence-electron chi connectivity index (χ3n) is 5.80. The lowest BCUT2D eigenvalue weighted by atomic mass is 9.97. The molecule has 1 unspecified atom stereocenters. The molecular weight excluding hydrogens is 386 g/mol. The number of nitrogens with one attached hydrogen (secondary N) is 1. The SMILES string of the molecule is CC1CCCCN1S(=O)(=O)c1ccc(C(=O)NC2(CN)CCCC2)cc1.Cl. The average Bonchev–Trinajstić information content (AvgIpc) is 3.11. The van der Waals surface area contributed by atoms with Crippen LogP contribution in [0.5, 0.6) is 0 Å². The van der Waals surface area contributed by atoms with E-state index in [4.69, 9.17) is 5.73 Å². The Morgan fingerprint density at radius 3 is 2.37 bits per heavy atom. The van der Waals surface area contributed by atoms with Gasteiger partial charge in [0.25, 0.3) is 5.91 Å². The van der Waals surface area contributed by atoms with Crippen molar-refractivity contribution in [3.63, 3.8) is 0 Å². The minimum Gasteiger partial charge on any atom is -0.345 e. The van der Waals surface area contributed by atoms with Crippen LogP contribution in [-0.4, -0.2) is 43.3 Å². The average molecular weight is 416 g/mol. The van der Waals surface area contributed by atoms with Crippen LogP contribution in [0, 0.1) is 0 Å². The largest absolute Gasteiger partial charge is 0.345 e. The molecule has 1 amide bonds. The molecule has 1 atom stereocenters. The van der Waals surface area contributed by atoms with Crippen LogP contribution in [-0.2, 0) is 10.0 Å². The smallest absolute Gasteiger partial charge is 0.251 e. The standard InChI is InChI=1S/C19H29N3O3S.ClH/c1-15-6-2-5-13-22(15)26(24,25)17-9-7-16(8-10-17)18(23)21-19(14-20)11-3-4-12-19;/h7-10,15H,2-6,11-14,20H2,1H3,(H,21,23);1H. The van der Waals surface area contributed by atoms with Crippen molar-refractivity contribution < 1.29 is 13.2 Å². The van der Waals surface area contributed by atoms with E-state index in [-0.39, 0.29) is 34.8 Å². The molecule has 6 nitrogen and oxygen atoms in total. The molecule has 1 aromatic carbocycles. The fourth-order valence-electron chi connectivity index (χ4n) is 4.09. The number of nitrogens with zero attached hydrogens (tertiary/aromatic N) is 1. The van der Waals surface area contributed by atoms with Crippen LogP contribution in [0.2, 0.25) is 0 Å². The fourth-order valence-corrected chi connectivity index (χ4v) is 5.79. The highest BCUT2D eigenvalue weighted by molar-refractivity contribution is 7.89. The van der Waals surface area contributed by atoms with Crippen LogP contribution < -0.4 is 11.1 Å². The molecule has 1 saturated heterocycles. The first-order valence-corrected chi connectivity index (χ1v) is 11.0. The van der Waals surface area contributed by atoms with E-state index in [2.05, 4.69) is 5.32 Å². The molecule has 0 spiro atoms. The monoisotopic (exact) mass is 415 g/mol. The number of sulfonamides is 1. The number of rotatable bonds is 5. The first-order chi connectivity index (χ1) is 12.4. The molecule has 152 valence electrons. The van der Waals surface area contributed by atoms with Gasteiger partial charge in [-0.2, -0.15) is 4.31 Å². The Morgan fingerprint density at radius 2 is 1.81 bits per heavy atom. The minimum atomic E-state index is -3.51. The van der Waals surface area contributed by atoms with E-state index in [0.29, 0.717) is 18.7 Å². The summed E-state index contributed by atoms with van der Waals surface area (Å²) in [6.45, 7) is 2.94. The Balaban J connectivity index is 0.00000261. The topological polar surface area (TPSA) is 92.5 Å². The molecular formula is C19H30ClN3O3S. The molecule has 8 heteroatoms. The highest BCUT2D eigenvalue weighted by Crippen LogP contribution is 2.29. The lowest BCUT2D eigenvalue weighted by Crippen LogP contribution is -2.51. The van der Waals surface area contributed by atoms with Crippen LogP contribution >= 0.6 is 12.4 Å². The molecule has 1 aliphatic carbocycles. The van der Waals surface area contributed by atoms with Gasteiger partial charge in [-0.1, -0.05) is 19.3 Å². The molecule has 1 aromatic rings. The van der Waals surface area contributed by atoms with Gasteiger partial charge in [0.05, 0.1) is 10.4 Å². The maximum absolute atomic E-state index is 12.9. The fraction of sp³-hybridized carbons (Fsp3) is 0.632. The van der Waals surface area contributed by atoms with Crippen molar-refractivity contribution >= 4 is 28.3 Å². The summed E-state index contributed by atoms with van der Waals surface area (Å²) in [4.78, 5) is 12.8. The predicted molar refractivity (Wildman–Crippen MR) is 109 cm³/mol. The van der Waals surface area contributed by atoms with Gasteiger partial charge in [-0.15, -0.1) is 12.4 Å². The molecule has 0 radical (unpaired) electrons. The van der Waals surface area contributed by atoms with Gasteiger partial charge < -0.3 is 11.1 Å². The molecule has 1 aliphatic heterocycles. The number of benzene rings is 1. The molecule has 3 N–H and O–H groups in total. The van der Waals surface area contributed by atoms with Gasteiger partial charge in [-0.25, -0.2) is 8.42 Å². The first-order valence-electron chi connectivity index (χ1n) is 9.52. The highest BCUT2D eigenvalue weighted by atomic mass is 35.5. The zero-order chi connectivity index (χ0) is 18.8. The van der Waals surface area contributed by atoms with Crippen LogP contribution in [0.25, 0.3) is 0 Å². The molecule has 1 heterocycles. The molecule has 3 rings (SSSR count). The second-order valence-corrected chi connectivity index (χ2v) is 9.52. The van der Waals surface area contributed by atoms with Crippen molar-refractivity contribution in [1.82, 2.24) is 9.62 Å². The lowest BCUT2D eigenvalue weighted by Gasteiger charge is -2.32. The van der Waals surface area contributed by atoms with Gasteiger partial charge in [0, 0.05) is 24.7 Å². The van der Waals surface area contributed by atoms with Gasteiger partial charge in [-0.05, 0) is 56.9 Å². The summed E-state index contributed by atoms with van der Waals surface area (Å²) >= 11 is 0. The molecule has 2 aliphatic rings. The number of carbonyl (C=O) groups is 1. The zero-order valence-electron chi connectivity index (χ0n) is 15.8. The van der Waals surface area contributed by atoms with Crippen LogP contribution in [0.15, 0.2) is 29.2 Å². The van der Waals surface area contributed by atoms with Crippen LogP contribution in [0.3, 0.4) is 0 Å². The Bertz CT molecular complexity index is 746. The van der Waals surface area contributed by atoms with Crippen LogP contribution in [0.1, 0.15) is 62.2 Å². The van der Waals surface area contributed by atoms with E-state index < -0.39 is 10.0 Å². The first kappa shape index (κ1) is 22.1. The number of hydrogen-bond acceptors (Lipinski definition) is 4. The summed E-state index contributed by atoms with van der Waals surface area (Å²) in [7, 11) is -3.51. The maximum Gasteiger partial charge on any atom is 0.251 e. The highest BCUT2D eigenvalue weighted by Gasteiger charge is 2.34. The Labute approximate surface area is 168 Å². The van der Waals surface area contributed by atoms with E-state index in [0.717, 1.165) is 44.9 Å². The lowest BCUT2D eigenvalue weighted by molar-refractivity contribution is 0.0903. The number of halogens is 1. The summed E-state index contributed by atoms with van der Waals surface area (Å²) in [6.07, 6.45) is 6.79. The quantitative estimate of drug-likeness (QED) is 0.773. The summed E-state index contributed by atoms with van der Waals surface area (Å²) in [6, 6.07) is 6.28. The number of hydrogen-bond donors (Lipinski definition) is 2. The summed E-state index contributed by atoms with van der Waals surface area (Å²) in [5, 5.41) is 3.06. The van der Waals surface area contributed by atoms with Gasteiger partial charge in [0.2, 0.25) is 10.0 Å². The van der Waals surface area contributed by atoms with Crippen molar-refractivity contribution in [3.05, 3.63) is 29.8 Å². The number of piperidine rings is 1. The molecule has 1 saturated carbocycles. The molecule has 0 aromatic heterocycles. The van der Waals surface area contributed by atoms with Crippen LogP contribution in [0.4, 0.5) is 0 Å². The Hall–Kier alpha value is -1.15. The second-order valence-electron chi connectivity index (χ2n) is 7.63. The van der Waals surface area contributed by atoms with E-state index >= 15 is 0 Å². The van der Waals surface area contributed by atoms with E-state index in [1.54, 1.807) is 16.4 Å². The van der Waals surface area contributed by atoms with Crippen molar-refractivity contribution in [2.24, 2.45) is 5.73 Å². The van der Waals surface area contributed by atoms with E-state index in [1.165, 1.54) is 12.1 Å². The van der Waals surface area contributed by atoms with Gasteiger partial charge in [0.15, 0.2) is 0 Å². The van der Waals surface area contributed by atoms with Gasteiger partial charge in [0.1, 0.15) is 0 Å². The van der Waals surface area contributed by atoms with Crippen molar-refractivity contribution in [3.8, 4) is 0 Å². The normalized spacial score (nSPS) is 22.8. The van der Waals surface area contributed by atoms with E-state index in [9.17, 15) is 13.2 Å². The predicted octanol–water partition coefficient (Wildman–Crippen LogP) is 2.67. The van der Waals surface area contributed by atoms with Gasteiger partial charge >= 0.3 is 0 Å². The number of nitrogens with two attached hydrogens (primary N) is 1. The number of amides is 1. The molecule has 0 bridgehead atoms.